The highest BCUT2D eigenvalue weighted by Crippen LogP contribution is 2.27. The fraction of sp³-hybridized carbons (Fsp3) is 0.480. The van der Waals surface area contributed by atoms with Gasteiger partial charge in [0, 0.05) is 43.8 Å². The zero-order valence-corrected chi connectivity index (χ0v) is 21.6. The predicted molar refractivity (Wildman–Crippen MR) is 142 cm³/mol. The highest BCUT2D eigenvalue weighted by Gasteiger charge is 2.29. The van der Waals surface area contributed by atoms with Crippen LogP contribution in [0, 0.1) is 0 Å². The second-order valence-corrected chi connectivity index (χ2v) is 11.5. The number of amides is 1. The van der Waals surface area contributed by atoms with Crippen LogP contribution in [0.2, 0.25) is 5.02 Å². The van der Waals surface area contributed by atoms with Crippen LogP contribution in [-0.2, 0) is 21.2 Å². The summed E-state index contributed by atoms with van der Waals surface area (Å²) in [5.41, 5.74) is 2.45. The number of para-hydroxylation sites is 2. The average molecular weight is 520 g/mol. The first kappa shape index (κ1) is 25.8. The Morgan fingerprint density at radius 3 is 2.49 bits per heavy atom. The third-order valence-electron chi connectivity index (χ3n) is 6.56. The van der Waals surface area contributed by atoms with E-state index in [1.165, 1.54) is 6.42 Å². The lowest BCUT2D eigenvalue weighted by Gasteiger charge is -2.38. The summed E-state index contributed by atoms with van der Waals surface area (Å²) in [6, 6.07) is 15.1. The molecule has 0 aromatic heterocycles. The molecule has 2 fully saturated rings. The van der Waals surface area contributed by atoms with E-state index in [1.807, 2.05) is 47.4 Å². The Balaban J connectivity index is 1.41. The van der Waals surface area contributed by atoms with Gasteiger partial charge in [-0.1, -0.05) is 35.9 Å². The molecule has 0 radical (unpaired) electrons. The van der Waals surface area contributed by atoms with Crippen LogP contribution in [0.25, 0.3) is 0 Å². The third kappa shape index (κ3) is 7.33. The average Bonchev–Trinajstić information content (AvgIpc) is 3.36. The van der Waals surface area contributed by atoms with E-state index in [1.54, 1.807) is 6.07 Å². The van der Waals surface area contributed by atoms with Crippen LogP contribution in [0.5, 0.6) is 0 Å². The Bertz CT molecular complexity index is 1100. The molecule has 0 saturated carbocycles. The number of rotatable bonds is 9. The topological polar surface area (TPSA) is 93.8 Å². The minimum atomic E-state index is -3.38. The van der Waals surface area contributed by atoms with E-state index >= 15 is 0 Å². The van der Waals surface area contributed by atoms with Crippen molar-refractivity contribution in [3.05, 3.63) is 59.1 Å². The van der Waals surface area contributed by atoms with E-state index < -0.39 is 10.0 Å². The molecule has 4 rings (SSSR count). The van der Waals surface area contributed by atoms with E-state index in [-0.39, 0.29) is 11.9 Å². The number of piperazine rings is 1. The number of nitrogens with one attached hydrogen (secondary N) is 3. The minimum absolute atomic E-state index is 0.0974. The van der Waals surface area contributed by atoms with Gasteiger partial charge in [0.25, 0.3) is 0 Å². The van der Waals surface area contributed by atoms with Gasteiger partial charge >= 0.3 is 0 Å². The lowest BCUT2D eigenvalue weighted by atomic mass is 10.0. The van der Waals surface area contributed by atoms with Gasteiger partial charge in [0.2, 0.25) is 15.9 Å². The quantitative estimate of drug-likeness (QED) is 0.471. The molecular weight excluding hydrogens is 486 g/mol. The molecule has 2 aliphatic heterocycles. The first-order valence-electron chi connectivity index (χ1n) is 12.1. The van der Waals surface area contributed by atoms with Crippen molar-refractivity contribution < 1.29 is 13.2 Å². The van der Waals surface area contributed by atoms with Crippen molar-refractivity contribution in [1.29, 1.82) is 0 Å². The molecule has 1 amide bonds. The van der Waals surface area contributed by atoms with Crippen molar-refractivity contribution in [2.24, 2.45) is 0 Å². The maximum absolute atomic E-state index is 13.6. The lowest BCUT2D eigenvalue weighted by molar-refractivity contribution is -0.133. The molecular formula is C25H34ClN5O3S. The maximum atomic E-state index is 13.6. The molecule has 0 aliphatic carbocycles. The molecule has 0 unspecified atom stereocenters. The molecule has 2 aliphatic rings. The maximum Gasteiger partial charge on any atom is 0.240 e. The number of carbonyl (C=O) groups is 1. The Labute approximate surface area is 213 Å². The van der Waals surface area contributed by atoms with Gasteiger partial charge in [-0.3, -0.25) is 9.52 Å². The number of sulfonamides is 1. The highest BCUT2D eigenvalue weighted by atomic mass is 35.5. The Hall–Kier alpha value is -2.33. The number of halogens is 1. The molecule has 190 valence electrons. The number of hydrogen-bond acceptors (Lipinski definition) is 6. The molecule has 10 heteroatoms. The molecule has 0 bridgehead atoms. The number of benzene rings is 2. The third-order valence-corrected chi connectivity index (χ3v) is 7.40. The first-order valence-corrected chi connectivity index (χ1v) is 14.4. The standard InChI is InChI=1S/C25H34ClN5O3S/c1-35(33,34)29-22-6-2-3-7-24(22)30-13-15-31(16-14-30)25(32)23(28-18-21-5-4-12-27-21)17-19-8-10-20(26)11-9-19/h2-3,6-11,21,23,27-29H,4-5,12-18H2,1H3/t21-,23-/m1/s1. The van der Waals surface area contributed by atoms with E-state index in [4.69, 9.17) is 11.6 Å². The predicted octanol–water partition coefficient (Wildman–Crippen LogP) is 2.31. The molecule has 2 aromatic rings. The first-order chi connectivity index (χ1) is 16.8. The van der Waals surface area contributed by atoms with Crippen LogP contribution in [0.3, 0.4) is 0 Å². The SMILES string of the molecule is CS(=O)(=O)Nc1ccccc1N1CCN(C(=O)[C@@H](Cc2ccc(Cl)cc2)NC[C@H]2CCCN2)CC1. The van der Waals surface area contributed by atoms with Gasteiger partial charge in [-0.15, -0.1) is 0 Å². The second-order valence-electron chi connectivity index (χ2n) is 9.29. The Morgan fingerprint density at radius 2 is 1.83 bits per heavy atom. The Morgan fingerprint density at radius 1 is 1.11 bits per heavy atom. The van der Waals surface area contributed by atoms with Crippen molar-refractivity contribution in [2.75, 3.05) is 55.1 Å². The van der Waals surface area contributed by atoms with Crippen molar-refractivity contribution in [1.82, 2.24) is 15.5 Å². The summed E-state index contributed by atoms with van der Waals surface area (Å²) >= 11 is 6.05. The van der Waals surface area contributed by atoms with Crippen LogP contribution in [0.15, 0.2) is 48.5 Å². The number of hydrogen-bond donors (Lipinski definition) is 3. The van der Waals surface area contributed by atoms with Gasteiger partial charge < -0.3 is 20.4 Å². The smallest absolute Gasteiger partial charge is 0.240 e. The number of carbonyl (C=O) groups excluding carboxylic acids is 1. The fourth-order valence-electron chi connectivity index (χ4n) is 4.74. The molecule has 2 aromatic carbocycles. The van der Waals surface area contributed by atoms with Crippen molar-refractivity contribution in [3.8, 4) is 0 Å². The van der Waals surface area contributed by atoms with E-state index in [0.717, 1.165) is 37.0 Å². The molecule has 35 heavy (non-hydrogen) atoms. The molecule has 0 spiro atoms. The van der Waals surface area contributed by atoms with Crippen LogP contribution in [0.1, 0.15) is 18.4 Å². The van der Waals surface area contributed by atoms with Gasteiger partial charge in [0.05, 0.1) is 23.7 Å². The fourth-order valence-corrected chi connectivity index (χ4v) is 5.44. The molecule has 2 saturated heterocycles. The van der Waals surface area contributed by atoms with Crippen LogP contribution >= 0.6 is 11.6 Å². The largest absolute Gasteiger partial charge is 0.366 e. The van der Waals surface area contributed by atoms with Gasteiger partial charge in [0.15, 0.2) is 0 Å². The van der Waals surface area contributed by atoms with Crippen molar-refractivity contribution in [3.63, 3.8) is 0 Å². The zero-order chi connectivity index (χ0) is 24.8. The number of nitrogens with zero attached hydrogens (tertiary/aromatic N) is 2. The van der Waals surface area contributed by atoms with Crippen LogP contribution in [0.4, 0.5) is 11.4 Å². The summed E-state index contributed by atoms with van der Waals surface area (Å²) in [6.07, 6.45) is 4.04. The van der Waals surface area contributed by atoms with Gasteiger partial charge in [0.1, 0.15) is 0 Å². The van der Waals surface area contributed by atoms with E-state index in [9.17, 15) is 13.2 Å². The van der Waals surface area contributed by atoms with Gasteiger partial charge in [-0.25, -0.2) is 8.42 Å². The van der Waals surface area contributed by atoms with Crippen LogP contribution in [-0.4, -0.2) is 76.8 Å². The van der Waals surface area contributed by atoms with Crippen molar-refractivity contribution in [2.45, 2.75) is 31.3 Å². The molecule has 8 nitrogen and oxygen atoms in total. The normalized spacial score (nSPS) is 19.5. The van der Waals surface area contributed by atoms with E-state index in [2.05, 4.69) is 20.3 Å². The molecule has 2 heterocycles. The van der Waals surface area contributed by atoms with Crippen LogP contribution < -0.4 is 20.3 Å². The van der Waals surface area contributed by atoms with E-state index in [0.29, 0.717) is 49.4 Å². The summed E-state index contributed by atoms with van der Waals surface area (Å²) < 4.78 is 26.2. The summed E-state index contributed by atoms with van der Waals surface area (Å²) in [5, 5.41) is 7.69. The van der Waals surface area contributed by atoms with Gasteiger partial charge in [-0.05, 0) is 55.6 Å². The monoisotopic (exact) mass is 519 g/mol. The van der Waals surface area contributed by atoms with Crippen molar-refractivity contribution >= 4 is 38.9 Å². The summed E-state index contributed by atoms with van der Waals surface area (Å²) in [6.45, 7) is 4.20. The lowest BCUT2D eigenvalue weighted by Crippen LogP contribution is -2.56. The summed E-state index contributed by atoms with van der Waals surface area (Å²) in [5.74, 6) is 0.0974. The summed E-state index contributed by atoms with van der Waals surface area (Å²) in [7, 11) is -3.38. The Kier molecular flexibility index (Phi) is 8.54. The summed E-state index contributed by atoms with van der Waals surface area (Å²) in [4.78, 5) is 17.6. The number of anilines is 2. The second kappa shape index (κ2) is 11.6. The molecule has 2 atom stereocenters. The minimum Gasteiger partial charge on any atom is -0.366 e. The van der Waals surface area contributed by atoms with Gasteiger partial charge in [-0.2, -0.15) is 0 Å². The zero-order valence-electron chi connectivity index (χ0n) is 20.0. The highest BCUT2D eigenvalue weighted by molar-refractivity contribution is 7.92. The molecule has 3 N–H and O–H groups in total.